The highest BCUT2D eigenvalue weighted by molar-refractivity contribution is 7.92. The summed E-state index contributed by atoms with van der Waals surface area (Å²) in [7, 11) is -2.18. The van der Waals surface area contributed by atoms with E-state index in [1.165, 1.54) is 11.4 Å². The largest absolute Gasteiger partial charge is 0.350 e. The van der Waals surface area contributed by atoms with Crippen molar-refractivity contribution < 1.29 is 13.2 Å². The summed E-state index contributed by atoms with van der Waals surface area (Å²) in [5.74, 6) is -0.229. The Balaban J connectivity index is 2.33. The van der Waals surface area contributed by atoms with Crippen molar-refractivity contribution in [2.75, 3.05) is 11.4 Å². The Hall–Kier alpha value is -2.34. The van der Waals surface area contributed by atoms with E-state index in [0.717, 1.165) is 0 Å². The summed E-state index contributed by atoms with van der Waals surface area (Å²) in [6.45, 7) is 3.74. The molecule has 0 aliphatic rings. The molecule has 2 aromatic rings. The average Bonchev–Trinajstić information content (AvgIpc) is 2.54. The zero-order valence-corrected chi connectivity index (χ0v) is 14.2. The SMILES string of the molecule is CC(C)NC(=O)c1cccc(N(C)S(=O)(=O)c2ccccc2)c1. The van der Waals surface area contributed by atoms with E-state index in [1.807, 2.05) is 13.8 Å². The first-order chi connectivity index (χ1) is 10.8. The molecule has 23 heavy (non-hydrogen) atoms. The van der Waals surface area contributed by atoms with Crippen molar-refractivity contribution in [1.82, 2.24) is 5.32 Å². The van der Waals surface area contributed by atoms with Crippen LogP contribution in [0.25, 0.3) is 0 Å². The maximum Gasteiger partial charge on any atom is 0.264 e. The Morgan fingerprint density at radius 3 is 2.30 bits per heavy atom. The highest BCUT2D eigenvalue weighted by atomic mass is 32.2. The second kappa shape index (κ2) is 6.83. The fraction of sp³-hybridized carbons (Fsp3) is 0.235. The van der Waals surface area contributed by atoms with Crippen LogP contribution in [-0.2, 0) is 10.0 Å². The normalized spacial score (nSPS) is 11.3. The van der Waals surface area contributed by atoms with Crippen molar-refractivity contribution in [3.8, 4) is 0 Å². The summed E-state index contributed by atoms with van der Waals surface area (Å²) >= 11 is 0. The van der Waals surface area contributed by atoms with Gasteiger partial charge in [-0.1, -0.05) is 24.3 Å². The van der Waals surface area contributed by atoms with Gasteiger partial charge in [0, 0.05) is 18.7 Å². The molecule has 6 heteroatoms. The van der Waals surface area contributed by atoms with E-state index in [-0.39, 0.29) is 16.8 Å². The molecule has 0 atom stereocenters. The second-order valence-electron chi connectivity index (χ2n) is 5.46. The van der Waals surface area contributed by atoms with Gasteiger partial charge in [-0.15, -0.1) is 0 Å². The van der Waals surface area contributed by atoms with Gasteiger partial charge in [-0.25, -0.2) is 8.42 Å². The second-order valence-corrected chi connectivity index (χ2v) is 7.43. The molecule has 1 amide bonds. The van der Waals surface area contributed by atoms with Gasteiger partial charge in [-0.05, 0) is 44.2 Å². The Morgan fingerprint density at radius 1 is 1.04 bits per heavy atom. The Bertz CT molecular complexity index is 786. The molecule has 0 radical (unpaired) electrons. The summed E-state index contributed by atoms with van der Waals surface area (Å²) in [5, 5.41) is 2.79. The maximum absolute atomic E-state index is 12.6. The number of nitrogens with zero attached hydrogens (tertiary/aromatic N) is 1. The van der Waals surface area contributed by atoms with Gasteiger partial charge in [0.1, 0.15) is 0 Å². The molecule has 0 aliphatic carbocycles. The van der Waals surface area contributed by atoms with E-state index >= 15 is 0 Å². The van der Waals surface area contributed by atoms with Crippen LogP contribution in [0.2, 0.25) is 0 Å². The summed E-state index contributed by atoms with van der Waals surface area (Å²) in [6.07, 6.45) is 0. The van der Waals surface area contributed by atoms with Gasteiger partial charge < -0.3 is 5.32 Å². The monoisotopic (exact) mass is 332 g/mol. The van der Waals surface area contributed by atoms with E-state index in [9.17, 15) is 13.2 Å². The molecular weight excluding hydrogens is 312 g/mol. The highest BCUT2D eigenvalue weighted by Crippen LogP contribution is 2.22. The number of amides is 1. The van der Waals surface area contributed by atoms with Gasteiger partial charge in [-0.3, -0.25) is 9.10 Å². The van der Waals surface area contributed by atoms with Gasteiger partial charge in [-0.2, -0.15) is 0 Å². The molecule has 0 spiro atoms. The lowest BCUT2D eigenvalue weighted by Gasteiger charge is -2.20. The molecular formula is C17H20N2O3S. The maximum atomic E-state index is 12.6. The molecule has 0 heterocycles. The number of hydrogen-bond acceptors (Lipinski definition) is 3. The van der Waals surface area contributed by atoms with Crippen LogP contribution in [0.3, 0.4) is 0 Å². The summed E-state index contributed by atoms with van der Waals surface area (Å²) in [4.78, 5) is 12.3. The first-order valence-electron chi connectivity index (χ1n) is 7.27. The highest BCUT2D eigenvalue weighted by Gasteiger charge is 2.21. The van der Waals surface area contributed by atoms with Crippen LogP contribution in [0.4, 0.5) is 5.69 Å². The molecule has 0 aliphatic heterocycles. The number of rotatable bonds is 5. The molecule has 0 aromatic heterocycles. The number of carbonyl (C=O) groups is 1. The van der Waals surface area contributed by atoms with Gasteiger partial charge in [0.15, 0.2) is 0 Å². The zero-order valence-electron chi connectivity index (χ0n) is 13.4. The van der Waals surface area contributed by atoms with Crippen molar-refractivity contribution in [1.29, 1.82) is 0 Å². The van der Waals surface area contributed by atoms with Crippen molar-refractivity contribution in [2.45, 2.75) is 24.8 Å². The minimum absolute atomic E-state index is 0.0111. The lowest BCUT2D eigenvalue weighted by Crippen LogP contribution is -2.30. The van der Waals surface area contributed by atoms with Crippen LogP contribution >= 0.6 is 0 Å². The topological polar surface area (TPSA) is 66.5 Å². The third kappa shape index (κ3) is 3.90. The standard InChI is InChI=1S/C17H20N2O3S/c1-13(2)18-17(20)14-8-7-9-15(12-14)19(3)23(21,22)16-10-5-4-6-11-16/h4-13H,1-3H3,(H,18,20). The van der Waals surface area contributed by atoms with Crippen LogP contribution in [0.1, 0.15) is 24.2 Å². The van der Waals surface area contributed by atoms with Crippen LogP contribution < -0.4 is 9.62 Å². The molecule has 0 unspecified atom stereocenters. The number of nitrogens with one attached hydrogen (secondary N) is 1. The predicted molar refractivity (Wildman–Crippen MR) is 91.1 cm³/mol. The van der Waals surface area contributed by atoms with Crippen molar-refractivity contribution in [3.63, 3.8) is 0 Å². The van der Waals surface area contributed by atoms with Crippen molar-refractivity contribution in [2.24, 2.45) is 0 Å². The average molecular weight is 332 g/mol. The molecule has 0 saturated heterocycles. The lowest BCUT2D eigenvalue weighted by molar-refractivity contribution is 0.0943. The molecule has 2 rings (SSSR count). The third-order valence-electron chi connectivity index (χ3n) is 3.29. The van der Waals surface area contributed by atoms with Gasteiger partial charge in [0.2, 0.25) is 0 Å². The molecule has 5 nitrogen and oxygen atoms in total. The van der Waals surface area contributed by atoms with Crippen molar-refractivity contribution in [3.05, 3.63) is 60.2 Å². The fourth-order valence-electron chi connectivity index (χ4n) is 2.08. The fourth-order valence-corrected chi connectivity index (χ4v) is 3.29. The minimum Gasteiger partial charge on any atom is -0.350 e. The summed E-state index contributed by atoms with van der Waals surface area (Å²) in [5.41, 5.74) is 0.858. The van der Waals surface area contributed by atoms with Crippen LogP contribution in [0, 0.1) is 0 Å². The van der Waals surface area contributed by atoms with E-state index in [2.05, 4.69) is 5.32 Å². The van der Waals surface area contributed by atoms with E-state index < -0.39 is 10.0 Å². The number of benzene rings is 2. The minimum atomic E-state index is -3.66. The quantitative estimate of drug-likeness (QED) is 0.915. The van der Waals surface area contributed by atoms with Gasteiger partial charge >= 0.3 is 0 Å². The zero-order chi connectivity index (χ0) is 17.0. The number of carbonyl (C=O) groups excluding carboxylic acids is 1. The molecule has 2 aromatic carbocycles. The first kappa shape index (κ1) is 17.0. The predicted octanol–water partition coefficient (Wildman–Crippen LogP) is 2.65. The Labute approximate surface area is 137 Å². The molecule has 1 N–H and O–H groups in total. The number of anilines is 1. The number of sulfonamides is 1. The van der Waals surface area contributed by atoms with Crippen molar-refractivity contribution >= 4 is 21.6 Å². The summed E-state index contributed by atoms with van der Waals surface area (Å²) in [6, 6.07) is 14.8. The summed E-state index contributed by atoms with van der Waals surface area (Å²) < 4.78 is 26.4. The number of hydrogen-bond donors (Lipinski definition) is 1. The smallest absolute Gasteiger partial charge is 0.264 e. The van der Waals surface area contributed by atoms with E-state index in [0.29, 0.717) is 11.3 Å². The third-order valence-corrected chi connectivity index (χ3v) is 5.09. The van der Waals surface area contributed by atoms with Gasteiger partial charge in [0.25, 0.3) is 15.9 Å². The van der Waals surface area contributed by atoms with Gasteiger partial charge in [0.05, 0.1) is 10.6 Å². The van der Waals surface area contributed by atoms with E-state index in [1.54, 1.807) is 54.6 Å². The van der Waals surface area contributed by atoms with Crippen LogP contribution in [0.15, 0.2) is 59.5 Å². The Morgan fingerprint density at radius 2 is 1.70 bits per heavy atom. The lowest BCUT2D eigenvalue weighted by atomic mass is 10.2. The van der Waals surface area contributed by atoms with Crippen LogP contribution in [-0.4, -0.2) is 27.4 Å². The molecule has 0 saturated carbocycles. The van der Waals surface area contributed by atoms with E-state index in [4.69, 9.17) is 0 Å². The molecule has 122 valence electrons. The first-order valence-corrected chi connectivity index (χ1v) is 8.71. The van der Waals surface area contributed by atoms with Crippen LogP contribution in [0.5, 0.6) is 0 Å². The molecule has 0 bridgehead atoms. The Kier molecular flexibility index (Phi) is 5.05. The molecule has 0 fully saturated rings.